The van der Waals surface area contributed by atoms with Crippen LogP contribution in [-0.4, -0.2) is 35.7 Å². The number of hydrogen-bond acceptors (Lipinski definition) is 7. The average molecular weight is 414 g/mol. The molecule has 2 aromatic carbocycles. The number of aromatic nitrogens is 1. The summed E-state index contributed by atoms with van der Waals surface area (Å²) < 4.78 is 28.7. The maximum absolute atomic E-state index is 11.5. The van der Waals surface area contributed by atoms with Gasteiger partial charge in [-0.1, -0.05) is 0 Å². The molecule has 0 saturated heterocycles. The van der Waals surface area contributed by atoms with Crippen molar-refractivity contribution in [2.45, 2.75) is 4.90 Å². The van der Waals surface area contributed by atoms with Gasteiger partial charge in [0, 0.05) is 30.1 Å². The first-order valence-corrected chi connectivity index (χ1v) is 10.00. The molecule has 0 aliphatic rings. The summed E-state index contributed by atoms with van der Waals surface area (Å²) in [7, 11) is -3.36. The number of nitrogens with zero attached hydrogens (tertiary/aromatic N) is 2. The molecule has 0 bridgehead atoms. The van der Waals surface area contributed by atoms with E-state index >= 15 is 0 Å². The standard InChI is InChI=1S/C19H14N2O7S/c1-29(26,27)17-4-2-15(3-5-17)28-16-9-12(8-13(10-16)19(22)23)18-11-14(21(24)25)6-7-20-18/h2-11H,1H3,(H,22,23). The average Bonchev–Trinajstić information content (AvgIpc) is 2.67. The topological polar surface area (TPSA) is 137 Å². The van der Waals surface area contributed by atoms with Crippen LogP contribution < -0.4 is 4.74 Å². The molecule has 9 nitrogen and oxygen atoms in total. The predicted molar refractivity (Wildman–Crippen MR) is 103 cm³/mol. The largest absolute Gasteiger partial charge is 0.478 e. The Morgan fingerprint density at radius 1 is 1.07 bits per heavy atom. The zero-order valence-corrected chi connectivity index (χ0v) is 15.8. The molecule has 1 heterocycles. The van der Waals surface area contributed by atoms with Crippen molar-refractivity contribution in [2.75, 3.05) is 6.26 Å². The highest BCUT2D eigenvalue weighted by atomic mass is 32.2. The molecule has 0 saturated carbocycles. The van der Waals surface area contributed by atoms with E-state index in [4.69, 9.17) is 4.74 Å². The van der Waals surface area contributed by atoms with Crippen LogP contribution in [0, 0.1) is 10.1 Å². The third-order valence-electron chi connectivity index (χ3n) is 3.89. The van der Waals surface area contributed by atoms with Crippen molar-refractivity contribution in [3.63, 3.8) is 0 Å². The Morgan fingerprint density at radius 3 is 2.34 bits per heavy atom. The van der Waals surface area contributed by atoms with Crippen LogP contribution in [0.2, 0.25) is 0 Å². The van der Waals surface area contributed by atoms with E-state index < -0.39 is 20.7 Å². The molecule has 0 spiro atoms. The lowest BCUT2D eigenvalue weighted by Crippen LogP contribution is -1.99. The van der Waals surface area contributed by atoms with E-state index in [1.165, 1.54) is 60.8 Å². The molecule has 0 unspecified atom stereocenters. The number of rotatable bonds is 6. The molecule has 0 atom stereocenters. The van der Waals surface area contributed by atoms with Crippen LogP contribution in [0.15, 0.2) is 65.7 Å². The maximum atomic E-state index is 11.5. The molecule has 3 aromatic rings. The Labute approximate surface area is 165 Å². The second-order valence-electron chi connectivity index (χ2n) is 6.05. The van der Waals surface area contributed by atoms with E-state index in [0.717, 1.165) is 6.26 Å². The number of carbonyl (C=O) groups is 1. The van der Waals surface area contributed by atoms with Gasteiger partial charge in [-0.15, -0.1) is 0 Å². The van der Waals surface area contributed by atoms with Crippen LogP contribution in [0.1, 0.15) is 10.4 Å². The Kier molecular flexibility index (Phi) is 5.29. The lowest BCUT2D eigenvalue weighted by molar-refractivity contribution is -0.384. The van der Waals surface area contributed by atoms with E-state index in [9.17, 15) is 28.4 Å². The summed E-state index contributed by atoms with van der Waals surface area (Å²) in [6.07, 6.45) is 2.34. The molecule has 1 aromatic heterocycles. The Hall–Kier alpha value is -3.79. The van der Waals surface area contributed by atoms with E-state index in [1.807, 2.05) is 0 Å². The van der Waals surface area contributed by atoms with Gasteiger partial charge in [0.25, 0.3) is 5.69 Å². The molecule has 29 heavy (non-hydrogen) atoms. The molecule has 10 heteroatoms. The van der Waals surface area contributed by atoms with Crippen LogP contribution in [0.4, 0.5) is 5.69 Å². The van der Waals surface area contributed by atoms with Crippen LogP contribution in [0.5, 0.6) is 11.5 Å². The molecule has 1 N–H and O–H groups in total. The molecule has 148 valence electrons. The minimum atomic E-state index is -3.36. The number of sulfone groups is 1. The number of pyridine rings is 1. The van der Waals surface area contributed by atoms with Crippen LogP contribution in [0.3, 0.4) is 0 Å². The summed E-state index contributed by atoms with van der Waals surface area (Å²) in [5.74, 6) is -0.771. The van der Waals surface area contributed by atoms with Gasteiger partial charge in [-0.25, -0.2) is 13.2 Å². The molecule has 3 rings (SSSR count). The van der Waals surface area contributed by atoms with Gasteiger partial charge in [0.2, 0.25) is 0 Å². The number of hydrogen-bond donors (Lipinski definition) is 1. The SMILES string of the molecule is CS(=O)(=O)c1ccc(Oc2cc(C(=O)O)cc(-c3cc([N+](=O)[O-])ccn3)c2)cc1. The Bertz CT molecular complexity index is 1210. The van der Waals surface area contributed by atoms with Crippen molar-refractivity contribution < 1.29 is 28.0 Å². The summed E-state index contributed by atoms with van der Waals surface area (Å²) in [5.41, 5.74) is 0.240. The van der Waals surface area contributed by atoms with Gasteiger partial charge in [0.15, 0.2) is 9.84 Å². The molecule has 0 aliphatic heterocycles. The van der Waals surface area contributed by atoms with Gasteiger partial charge in [-0.05, 0) is 42.5 Å². The van der Waals surface area contributed by atoms with Gasteiger partial charge in [0.05, 0.1) is 21.1 Å². The third kappa shape index (κ3) is 4.74. The maximum Gasteiger partial charge on any atom is 0.335 e. The fourth-order valence-electron chi connectivity index (χ4n) is 2.51. The summed E-state index contributed by atoms with van der Waals surface area (Å²) in [6, 6.07) is 12.2. The van der Waals surface area contributed by atoms with E-state index in [1.54, 1.807) is 0 Å². The zero-order chi connectivity index (χ0) is 21.2. The highest BCUT2D eigenvalue weighted by Gasteiger charge is 2.14. The molecular weight excluding hydrogens is 400 g/mol. The van der Waals surface area contributed by atoms with Gasteiger partial charge >= 0.3 is 5.97 Å². The Morgan fingerprint density at radius 2 is 1.76 bits per heavy atom. The first-order valence-electron chi connectivity index (χ1n) is 8.11. The number of aromatic carboxylic acids is 1. The highest BCUT2D eigenvalue weighted by molar-refractivity contribution is 7.90. The lowest BCUT2D eigenvalue weighted by atomic mass is 10.1. The second kappa shape index (κ2) is 7.68. The van der Waals surface area contributed by atoms with Crippen molar-refractivity contribution in [1.29, 1.82) is 0 Å². The molecule has 0 radical (unpaired) electrons. The zero-order valence-electron chi connectivity index (χ0n) is 15.0. The fourth-order valence-corrected chi connectivity index (χ4v) is 3.14. The summed E-state index contributed by atoms with van der Waals surface area (Å²) in [5, 5.41) is 20.3. The van der Waals surface area contributed by atoms with Gasteiger partial charge < -0.3 is 9.84 Å². The minimum Gasteiger partial charge on any atom is -0.478 e. The van der Waals surface area contributed by atoms with Crippen LogP contribution in [-0.2, 0) is 9.84 Å². The number of benzene rings is 2. The normalized spacial score (nSPS) is 11.1. The van der Waals surface area contributed by atoms with Crippen molar-refractivity contribution in [3.8, 4) is 22.8 Å². The Balaban J connectivity index is 2.00. The number of carboxylic acids is 1. The minimum absolute atomic E-state index is 0.0986. The van der Waals surface area contributed by atoms with E-state index in [2.05, 4.69) is 4.98 Å². The molecule has 0 fully saturated rings. The van der Waals surface area contributed by atoms with E-state index in [-0.39, 0.29) is 33.3 Å². The highest BCUT2D eigenvalue weighted by Crippen LogP contribution is 2.30. The van der Waals surface area contributed by atoms with Crippen LogP contribution in [0.25, 0.3) is 11.3 Å². The molecule has 0 aliphatic carbocycles. The number of ether oxygens (including phenoxy) is 1. The fraction of sp³-hybridized carbons (Fsp3) is 0.0526. The van der Waals surface area contributed by atoms with Gasteiger partial charge in [0.1, 0.15) is 11.5 Å². The van der Waals surface area contributed by atoms with Crippen LogP contribution >= 0.6 is 0 Å². The van der Waals surface area contributed by atoms with Crippen molar-refractivity contribution >= 4 is 21.5 Å². The second-order valence-corrected chi connectivity index (χ2v) is 8.07. The van der Waals surface area contributed by atoms with Crippen molar-refractivity contribution in [3.05, 3.63) is 76.5 Å². The van der Waals surface area contributed by atoms with Gasteiger partial charge in [-0.3, -0.25) is 15.1 Å². The quantitative estimate of drug-likeness (QED) is 0.477. The van der Waals surface area contributed by atoms with Gasteiger partial charge in [-0.2, -0.15) is 0 Å². The smallest absolute Gasteiger partial charge is 0.335 e. The monoisotopic (exact) mass is 414 g/mol. The number of nitro groups is 1. The lowest BCUT2D eigenvalue weighted by Gasteiger charge is -2.10. The van der Waals surface area contributed by atoms with E-state index in [0.29, 0.717) is 5.56 Å². The molecular formula is C19H14N2O7S. The molecule has 0 amide bonds. The number of carboxylic acid groups (broad SMARTS) is 1. The van der Waals surface area contributed by atoms with Crippen molar-refractivity contribution in [2.24, 2.45) is 0 Å². The third-order valence-corrected chi connectivity index (χ3v) is 5.02. The van der Waals surface area contributed by atoms with Crippen molar-refractivity contribution in [1.82, 2.24) is 4.98 Å². The first kappa shape index (κ1) is 20.0. The first-order chi connectivity index (χ1) is 13.6. The summed E-state index contributed by atoms with van der Waals surface area (Å²) in [4.78, 5) is 26.0. The summed E-state index contributed by atoms with van der Waals surface area (Å²) >= 11 is 0. The predicted octanol–water partition coefficient (Wildman–Crippen LogP) is 3.55. The summed E-state index contributed by atoms with van der Waals surface area (Å²) in [6.45, 7) is 0.